The second kappa shape index (κ2) is 9.55. The summed E-state index contributed by atoms with van der Waals surface area (Å²) in [6.07, 6.45) is 2.91. The molecule has 1 heterocycles. The molecule has 2 aromatic carbocycles. The van der Waals surface area contributed by atoms with E-state index in [1.807, 2.05) is 0 Å². The molecule has 0 N–H and O–H groups in total. The smallest absolute Gasteiger partial charge is 0.340 e. The van der Waals surface area contributed by atoms with Gasteiger partial charge in [-0.2, -0.15) is 0 Å². The number of nitrogens with zero attached hydrogens (tertiary/aromatic N) is 3. The van der Waals surface area contributed by atoms with Crippen LogP contribution in [0.5, 0.6) is 0 Å². The van der Waals surface area contributed by atoms with Crippen LogP contribution < -0.4 is 4.31 Å². The first kappa shape index (κ1) is 22.9. The summed E-state index contributed by atoms with van der Waals surface area (Å²) >= 11 is 12.1. The summed E-state index contributed by atoms with van der Waals surface area (Å²) in [7, 11) is -2.32. The van der Waals surface area contributed by atoms with Crippen molar-refractivity contribution in [3.63, 3.8) is 0 Å². The highest BCUT2D eigenvalue weighted by molar-refractivity contribution is 7.92. The van der Waals surface area contributed by atoms with Crippen LogP contribution in [0, 0.1) is 0 Å². The molecule has 10 heteroatoms. The predicted molar refractivity (Wildman–Crippen MR) is 120 cm³/mol. The molecule has 3 rings (SSSR count). The van der Waals surface area contributed by atoms with Gasteiger partial charge in [-0.25, -0.2) is 18.2 Å². The van der Waals surface area contributed by atoms with Gasteiger partial charge in [-0.15, -0.1) is 6.58 Å². The van der Waals surface area contributed by atoms with Crippen molar-refractivity contribution in [3.8, 4) is 0 Å². The molecule has 0 bridgehead atoms. The fourth-order valence-electron chi connectivity index (χ4n) is 2.77. The van der Waals surface area contributed by atoms with E-state index < -0.39 is 16.0 Å². The summed E-state index contributed by atoms with van der Waals surface area (Å²) in [6, 6.07) is 12.5. The number of anilines is 1. The summed E-state index contributed by atoms with van der Waals surface area (Å²) in [5, 5.41) is 0.456. The number of carbonyl (C=O) groups excluding carboxylic acids is 1. The molecule has 0 aliphatic rings. The van der Waals surface area contributed by atoms with Crippen molar-refractivity contribution < 1.29 is 17.9 Å². The molecule has 7 nitrogen and oxygen atoms in total. The fraction of sp³-hybridized carbons (Fsp3) is 0.143. The lowest BCUT2D eigenvalue weighted by Crippen LogP contribution is -2.31. The van der Waals surface area contributed by atoms with Crippen LogP contribution in [-0.4, -0.2) is 30.5 Å². The Morgan fingerprint density at radius 1 is 1.23 bits per heavy atom. The number of imidazole rings is 1. The second-order valence-corrected chi connectivity index (χ2v) is 9.09. The van der Waals surface area contributed by atoms with Gasteiger partial charge in [-0.1, -0.05) is 47.5 Å². The quantitative estimate of drug-likeness (QED) is 0.351. The maximum Gasteiger partial charge on any atom is 0.340 e. The van der Waals surface area contributed by atoms with Gasteiger partial charge in [0.15, 0.2) is 0 Å². The van der Waals surface area contributed by atoms with Crippen molar-refractivity contribution in [2.45, 2.75) is 11.5 Å². The van der Waals surface area contributed by atoms with Crippen LogP contribution in [0.1, 0.15) is 16.2 Å². The first-order valence-corrected chi connectivity index (χ1v) is 11.3. The van der Waals surface area contributed by atoms with E-state index >= 15 is 0 Å². The van der Waals surface area contributed by atoms with Gasteiger partial charge >= 0.3 is 5.97 Å². The number of para-hydroxylation sites is 1. The Kier molecular flexibility index (Phi) is 7.04. The van der Waals surface area contributed by atoms with Gasteiger partial charge in [0.1, 0.15) is 17.6 Å². The van der Waals surface area contributed by atoms with Gasteiger partial charge in [0, 0.05) is 7.05 Å². The van der Waals surface area contributed by atoms with Crippen LogP contribution in [0.15, 0.2) is 72.3 Å². The Labute approximate surface area is 190 Å². The number of ether oxygens (including phenoxy) is 1. The van der Waals surface area contributed by atoms with Crippen molar-refractivity contribution in [1.29, 1.82) is 0 Å². The number of benzene rings is 2. The molecule has 0 fully saturated rings. The van der Waals surface area contributed by atoms with Gasteiger partial charge in [-0.3, -0.25) is 4.31 Å². The van der Waals surface area contributed by atoms with Crippen LogP contribution in [0.2, 0.25) is 10.2 Å². The minimum absolute atomic E-state index is 0.0503. The summed E-state index contributed by atoms with van der Waals surface area (Å²) < 4.78 is 34.6. The van der Waals surface area contributed by atoms with E-state index in [0.717, 1.165) is 0 Å². The maximum atomic E-state index is 13.3. The summed E-state index contributed by atoms with van der Waals surface area (Å²) in [5.41, 5.74) is 0.391. The second-order valence-electron chi connectivity index (χ2n) is 6.43. The van der Waals surface area contributed by atoms with E-state index in [1.165, 1.54) is 34.8 Å². The normalized spacial score (nSPS) is 11.2. The molecular formula is C21H19Cl2N3O4S. The zero-order chi connectivity index (χ0) is 22.6. The molecule has 0 aliphatic heterocycles. The van der Waals surface area contributed by atoms with Crippen molar-refractivity contribution >= 4 is 44.9 Å². The number of hydrogen-bond acceptors (Lipinski definition) is 5. The lowest BCUT2D eigenvalue weighted by Gasteiger charge is -2.23. The lowest BCUT2D eigenvalue weighted by molar-refractivity contribution is 0.0459. The first-order chi connectivity index (χ1) is 14.8. The average Bonchev–Trinajstić information content (AvgIpc) is 3.08. The highest BCUT2D eigenvalue weighted by atomic mass is 35.5. The SMILES string of the molecule is C=CCN(c1ccccc1)S(=O)(=O)c1ccc(Cl)c(C(=O)OCc2ncc(Cl)n2C)c1. The molecule has 0 atom stereocenters. The predicted octanol–water partition coefficient (Wildman–Crippen LogP) is 4.47. The van der Waals surface area contributed by atoms with Gasteiger partial charge in [0.2, 0.25) is 0 Å². The van der Waals surface area contributed by atoms with E-state index in [1.54, 1.807) is 41.9 Å². The Morgan fingerprint density at radius 3 is 2.55 bits per heavy atom. The number of sulfonamides is 1. The Bertz CT molecular complexity index is 1210. The molecule has 0 aliphatic carbocycles. The average molecular weight is 480 g/mol. The van der Waals surface area contributed by atoms with Crippen molar-refractivity contribution in [2.24, 2.45) is 7.05 Å². The Balaban J connectivity index is 1.90. The number of hydrogen-bond donors (Lipinski definition) is 0. The van der Waals surface area contributed by atoms with Gasteiger partial charge in [0.05, 0.1) is 33.9 Å². The van der Waals surface area contributed by atoms with E-state index in [0.29, 0.717) is 16.7 Å². The van der Waals surface area contributed by atoms with Crippen molar-refractivity contribution in [1.82, 2.24) is 9.55 Å². The molecule has 1 aromatic heterocycles. The summed E-state index contributed by atoms with van der Waals surface area (Å²) in [6.45, 7) is 3.54. The topological polar surface area (TPSA) is 81.5 Å². The van der Waals surface area contributed by atoms with E-state index in [2.05, 4.69) is 11.6 Å². The standard InChI is InChI=1S/C21H19Cl2N3O4S/c1-3-11-26(15-7-5-4-6-8-15)31(28,29)16-9-10-18(22)17(12-16)21(27)30-14-20-24-13-19(23)25(20)2/h3-10,12-13H,1,11,14H2,2H3. The van der Waals surface area contributed by atoms with Crippen LogP contribution in [0.4, 0.5) is 5.69 Å². The largest absolute Gasteiger partial charge is 0.454 e. The number of halogens is 2. The molecule has 31 heavy (non-hydrogen) atoms. The third kappa shape index (κ3) is 4.92. The van der Waals surface area contributed by atoms with Crippen molar-refractivity contribution in [3.05, 3.63) is 88.9 Å². The lowest BCUT2D eigenvalue weighted by atomic mass is 10.2. The van der Waals surface area contributed by atoms with E-state index in [4.69, 9.17) is 27.9 Å². The highest BCUT2D eigenvalue weighted by Crippen LogP contribution is 2.27. The van der Waals surface area contributed by atoms with Crippen LogP contribution in [0.3, 0.4) is 0 Å². The molecule has 0 spiro atoms. The number of rotatable bonds is 8. The molecule has 0 saturated heterocycles. The Hall–Kier alpha value is -2.81. The van der Waals surface area contributed by atoms with E-state index in [9.17, 15) is 13.2 Å². The highest BCUT2D eigenvalue weighted by Gasteiger charge is 2.26. The molecule has 3 aromatic rings. The zero-order valence-electron chi connectivity index (χ0n) is 16.5. The molecule has 0 unspecified atom stereocenters. The van der Waals surface area contributed by atoms with Crippen LogP contribution in [0.25, 0.3) is 0 Å². The maximum absolute atomic E-state index is 13.3. The Morgan fingerprint density at radius 2 is 1.94 bits per heavy atom. The van der Waals surface area contributed by atoms with Crippen LogP contribution in [-0.2, 0) is 28.4 Å². The molecule has 0 saturated carbocycles. The zero-order valence-corrected chi connectivity index (χ0v) is 18.9. The molecular weight excluding hydrogens is 461 g/mol. The monoisotopic (exact) mass is 479 g/mol. The van der Waals surface area contributed by atoms with E-state index in [-0.39, 0.29) is 28.6 Å². The third-order valence-corrected chi connectivity index (χ3v) is 6.92. The number of aromatic nitrogens is 2. The summed E-state index contributed by atoms with van der Waals surface area (Å²) in [5.74, 6) is -0.351. The molecule has 162 valence electrons. The van der Waals surface area contributed by atoms with Gasteiger partial charge < -0.3 is 9.30 Å². The minimum Gasteiger partial charge on any atom is -0.454 e. The van der Waals surface area contributed by atoms with Gasteiger partial charge in [0.25, 0.3) is 10.0 Å². The number of esters is 1. The minimum atomic E-state index is -4.00. The summed E-state index contributed by atoms with van der Waals surface area (Å²) in [4.78, 5) is 16.5. The van der Waals surface area contributed by atoms with Crippen LogP contribution >= 0.6 is 23.2 Å². The van der Waals surface area contributed by atoms with Crippen molar-refractivity contribution in [2.75, 3.05) is 10.8 Å². The molecule has 0 amide bonds. The third-order valence-electron chi connectivity index (χ3n) is 4.44. The molecule has 0 radical (unpaired) electrons. The fourth-order valence-corrected chi connectivity index (χ4v) is 4.57. The number of carbonyl (C=O) groups is 1. The first-order valence-electron chi connectivity index (χ1n) is 9.07. The van der Waals surface area contributed by atoms with Gasteiger partial charge in [-0.05, 0) is 30.3 Å².